The number of benzene rings is 2. The molecule has 3 N–H and O–H groups in total. The molecule has 1 aromatic heterocycles. The lowest BCUT2D eigenvalue weighted by atomic mass is 9.95. The molecule has 0 amide bonds. The van der Waals surface area contributed by atoms with Crippen molar-refractivity contribution < 1.29 is 4.39 Å². The average molecular weight is 520 g/mol. The second-order valence-electron chi connectivity index (χ2n) is 7.34. The van der Waals surface area contributed by atoms with E-state index in [1.165, 1.54) is 12.4 Å². The highest BCUT2D eigenvalue weighted by atomic mass is 127. The van der Waals surface area contributed by atoms with Crippen LogP contribution < -0.4 is 10.6 Å². The van der Waals surface area contributed by atoms with Crippen LogP contribution >= 0.6 is 24.0 Å². The summed E-state index contributed by atoms with van der Waals surface area (Å²) in [5.74, 6) is 1.35. The van der Waals surface area contributed by atoms with Crippen molar-refractivity contribution >= 4 is 29.9 Å². The van der Waals surface area contributed by atoms with E-state index in [2.05, 4.69) is 31.9 Å². The van der Waals surface area contributed by atoms with Gasteiger partial charge < -0.3 is 10.6 Å². The molecule has 30 heavy (non-hydrogen) atoms. The smallest absolute Gasteiger partial charge is 0.191 e. The predicted molar refractivity (Wildman–Crippen MR) is 127 cm³/mol. The minimum atomic E-state index is -0.131. The van der Waals surface area contributed by atoms with Crippen LogP contribution in [0.2, 0.25) is 0 Å². The molecule has 1 fully saturated rings. The summed E-state index contributed by atoms with van der Waals surface area (Å²) in [6.45, 7) is 3.99. The molecule has 4 rings (SSSR count). The normalized spacial score (nSPS) is 14.7. The quantitative estimate of drug-likeness (QED) is 0.250. The molecular weight excluding hydrogens is 494 g/mol. The summed E-state index contributed by atoms with van der Waals surface area (Å²) in [7, 11) is 0. The van der Waals surface area contributed by atoms with Crippen LogP contribution in [0.4, 0.5) is 4.39 Å². The van der Waals surface area contributed by atoms with E-state index in [0.717, 1.165) is 47.9 Å². The van der Waals surface area contributed by atoms with Crippen LogP contribution in [0.5, 0.6) is 0 Å². The summed E-state index contributed by atoms with van der Waals surface area (Å²) in [4.78, 5) is 8.90. The summed E-state index contributed by atoms with van der Waals surface area (Å²) in [6, 6.07) is 15.1. The second-order valence-corrected chi connectivity index (χ2v) is 7.34. The molecule has 0 radical (unpaired) electrons. The molecule has 0 saturated heterocycles. The van der Waals surface area contributed by atoms with Gasteiger partial charge in [-0.25, -0.2) is 14.4 Å². The van der Waals surface area contributed by atoms with E-state index < -0.39 is 0 Å². The molecule has 0 atom stereocenters. The number of guanidine groups is 1. The van der Waals surface area contributed by atoms with Gasteiger partial charge in [0, 0.05) is 24.1 Å². The molecule has 158 valence electrons. The third kappa shape index (κ3) is 5.16. The fourth-order valence-corrected chi connectivity index (χ4v) is 3.51. The van der Waals surface area contributed by atoms with Crippen LogP contribution in [0.25, 0.3) is 11.4 Å². The number of nitrogens with zero attached hydrogens (tertiary/aromatic N) is 3. The predicted octanol–water partition coefficient (Wildman–Crippen LogP) is 4.02. The van der Waals surface area contributed by atoms with Crippen LogP contribution in [0, 0.1) is 5.82 Å². The Morgan fingerprint density at radius 3 is 2.70 bits per heavy atom. The number of hydrogen-bond acceptors (Lipinski definition) is 3. The van der Waals surface area contributed by atoms with Crippen LogP contribution in [0.3, 0.4) is 0 Å². The van der Waals surface area contributed by atoms with Gasteiger partial charge in [0.1, 0.15) is 12.1 Å². The Kier molecular flexibility index (Phi) is 7.41. The van der Waals surface area contributed by atoms with E-state index >= 15 is 0 Å². The molecular formula is C22H26FIN6. The van der Waals surface area contributed by atoms with Crippen molar-refractivity contribution in [3.05, 3.63) is 71.8 Å². The molecule has 1 saturated carbocycles. The molecule has 0 spiro atoms. The van der Waals surface area contributed by atoms with Crippen molar-refractivity contribution in [1.29, 1.82) is 0 Å². The zero-order valence-corrected chi connectivity index (χ0v) is 19.2. The molecule has 6 nitrogen and oxygen atoms in total. The summed E-state index contributed by atoms with van der Waals surface area (Å²) in [5.41, 5.74) is 2.72. The molecule has 1 aliphatic rings. The van der Waals surface area contributed by atoms with Gasteiger partial charge in [0.05, 0.1) is 6.54 Å². The number of aliphatic imine (C=N–C) groups is 1. The van der Waals surface area contributed by atoms with Crippen molar-refractivity contribution in [3.8, 4) is 11.4 Å². The number of H-pyrrole nitrogens is 1. The third-order valence-electron chi connectivity index (χ3n) is 5.27. The molecule has 3 aromatic rings. The van der Waals surface area contributed by atoms with Crippen molar-refractivity contribution in [2.24, 2.45) is 4.99 Å². The second kappa shape index (κ2) is 10.0. The zero-order valence-electron chi connectivity index (χ0n) is 16.9. The van der Waals surface area contributed by atoms with Crippen molar-refractivity contribution in [1.82, 2.24) is 25.8 Å². The van der Waals surface area contributed by atoms with Crippen molar-refractivity contribution in [2.45, 2.75) is 31.7 Å². The summed E-state index contributed by atoms with van der Waals surface area (Å²) < 4.78 is 14.2. The van der Waals surface area contributed by atoms with E-state index in [9.17, 15) is 4.39 Å². The highest BCUT2D eigenvalue weighted by molar-refractivity contribution is 14.0. The highest BCUT2D eigenvalue weighted by Gasteiger charge is 2.45. The minimum Gasteiger partial charge on any atom is -0.357 e. The molecule has 0 unspecified atom stereocenters. The van der Waals surface area contributed by atoms with Crippen LogP contribution in [0.1, 0.15) is 30.9 Å². The Bertz CT molecular complexity index is 985. The summed E-state index contributed by atoms with van der Waals surface area (Å²) >= 11 is 0. The van der Waals surface area contributed by atoms with E-state index in [1.54, 1.807) is 6.07 Å². The highest BCUT2D eigenvalue weighted by Crippen LogP contribution is 2.48. The maximum absolute atomic E-state index is 14.2. The Labute approximate surface area is 192 Å². The molecule has 1 aliphatic carbocycles. The van der Waals surface area contributed by atoms with E-state index in [4.69, 9.17) is 4.99 Å². The fourth-order valence-electron chi connectivity index (χ4n) is 3.51. The van der Waals surface area contributed by atoms with Crippen LogP contribution in [0.15, 0.2) is 59.9 Å². The van der Waals surface area contributed by atoms with Crippen LogP contribution in [-0.4, -0.2) is 34.2 Å². The van der Waals surface area contributed by atoms with E-state index in [0.29, 0.717) is 13.1 Å². The fraction of sp³-hybridized carbons (Fsp3) is 0.318. The van der Waals surface area contributed by atoms with Crippen molar-refractivity contribution in [2.75, 3.05) is 13.1 Å². The largest absolute Gasteiger partial charge is 0.357 e. The maximum atomic E-state index is 14.2. The minimum absolute atomic E-state index is 0. The first-order valence-electron chi connectivity index (χ1n) is 9.92. The van der Waals surface area contributed by atoms with Gasteiger partial charge in [0.25, 0.3) is 0 Å². The topological polar surface area (TPSA) is 78.0 Å². The van der Waals surface area contributed by atoms with Gasteiger partial charge in [-0.15, -0.1) is 24.0 Å². The lowest BCUT2D eigenvalue weighted by Gasteiger charge is -2.19. The van der Waals surface area contributed by atoms with Gasteiger partial charge in [-0.1, -0.05) is 36.4 Å². The average Bonchev–Trinajstić information content (AvgIpc) is 3.32. The number of nitrogens with one attached hydrogen (secondary N) is 3. The zero-order chi connectivity index (χ0) is 20.1. The van der Waals surface area contributed by atoms with Crippen molar-refractivity contribution in [3.63, 3.8) is 0 Å². The van der Waals surface area contributed by atoms with Gasteiger partial charge in [-0.05, 0) is 43.0 Å². The first kappa shape index (κ1) is 22.2. The maximum Gasteiger partial charge on any atom is 0.191 e. The van der Waals surface area contributed by atoms with E-state index in [-0.39, 0.29) is 35.2 Å². The molecule has 2 aromatic carbocycles. The Morgan fingerprint density at radius 2 is 2.00 bits per heavy atom. The number of aromatic nitrogens is 3. The number of rotatable bonds is 7. The SMILES string of the molecule is CCNC(=NCc1cccc(-c2ncn[nH]2)c1)NCC1(c2ccccc2F)CC1.I. The first-order valence-corrected chi connectivity index (χ1v) is 9.92. The molecule has 1 heterocycles. The molecule has 0 aliphatic heterocycles. The monoisotopic (exact) mass is 520 g/mol. The Balaban J connectivity index is 0.00000256. The Morgan fingerprint density at radius 1 is 1.17 bits per heavy atom. The molecule has 8 heteroatoms. The lowest BCUT2D eigenvalue weighted by molar-refractivity contribution is 0.559. The summed E-state index contributed by atoms with van der Waals surface area (Å²) in [5, 5.41) is 13.5. The lowest BCUT2D eigenvalue weighted by Crippen LogP contribution is -2.41. The number of halogens is 2. The van der Waals surface area contributed by atoms with Gasteiger partial charge >= 0.3 is 0 Å². The van der Waals surface area contributed by atoms with E-state index in [1.807, 2.05) is 37.3 Å². The third-order valence-corrected chi connectivity index (χ3v) is 5.27. The van der Waals surface area contributed by atoms with Gasteiger partial charge in [0.2, 0.25) is 0 Å². The number of hydrogen-bond donors (Lipinski definition) is 3. The van der Waals surface area contributed by atoms with Gasteiger partial charge in [-0.3, -0.25) is 5.10 Å². The van der Waals surface area contributed by atoms with Gasteiger partial charge in [0.15, 0.2) is 11.8 Å². The van der Waals surface area contributed by atoms with Gasteiger partial charge in [-0.2, -0.15) is 5.10 Å². The first-order chi connectivity index (χ1) is 14.2. The van der Waals surface area contributed by atoms with Crippen LogP contribution in [-0.2, 0) is 12.0 Å². The Hall–Kier alpha value is -2.49. The molecule has 0 bridgehead atoms. The number of aromatic amines is 1. The standard InChI is InChI=1S/C22H25FN6.HI/c1-2-24-21(26-14-22(10-11-22)18-8-3-4-9-19(18)23)25-13-16-6-5-7-17(12-16)20-27-15-28-29-20;/h3-9,12,15H,2,10-11,13-14H2,1H3,(H2,24,25,26)(H,27,28,29);1H. The summed E-state index contributed by atoms with van der Waals surface area (Å²) in [6.07, 6.45) is 3.47.